The molecule has 4 heterocycles. The van der Waals surface area contributed by atoms with Crippen LogP contribution in [0.15, 0.2) is 53.5 Å². The van der Waals surface area contributed by atoms with E-state index in [1.54, 1.807) is 19.4 Å². The Balaban J connectivity index is 1.41. The Labute approximate surface area is 167 Å². The van der Waals surface area contributed by atoms with E-state index in [4.69, 9.17) is 4.74 Å². The number of carbonyl (C=O) groups is 1. The van der Waals surface area contributed by atoms with Crippen molar-refractivity contribution < 1.29 is 9.53 Å². The smallest absolute Gasteiger partial charge is 0.321 e. The fourth-order valence-corrected chi connectivity index (χ4v) is 4.68. The third kappa shape index (κ3) is 3.03. The van der Waals surface area contributed by atoms with Crippen LogP contribution < -0.4 is 15.6 Å². The molecule has 2 atom stereocenters. The number of amides is 2. The number of urea groups is 1. The number of likely N-dealkylation sites (tertiary alicyclic amines) is 1. The minimum atomic E-state index is -0.123. The highest BCUT2D eigenvalue weighted by Crippen LogP contribution is 2.35. The fraction of sp³-hybridized carbons (Fsp3) is 0.318. The topological polar surface area (TPSA) is 76.5 Å². The number of benzene rings is 1. The number of hydrogen-bond donors (Lipinski definition) is 1. The summed E-state index contributed by atoms with van der Waals surface area (Å²) in [4.78, 5) is 31.5. The molecule has 0 unspecified atom stereocenters. The second kappa shape index (κ2) is 6.92. The number of fused-ring (bicyclic) bond motifs is 5. The molecule has 1 fully saturated rings. The summed E-state index contributed by atoms with van der Waals surface area (Å²) in [5, 5.41) is 3.90. The molecule has 1 saturated heterocycles. The summed E-state index contributed by atoms with van der Waals surface area (Å²) in [5.74, 6) is 1.16. The van der Waals surface area contributed by atoms with Gasteiger partial charge in [-0.3, -0.25) is 9.78 Å². The van der Waals surface area contributed by atoms with E-state index in [0.29, 0.717) is 37.0 Å². The van der Waals surface area contributed by atoms with Crippen molar-refractivity contribution in [2.24, 2.45) is 5.92 Å². The van der Waals surface area contributed by atoms with E-state index in [-0.39, 0.29) is 17.5 Å². The predicted octanol–water partition coefficient (Wildman–Crippen LogP) is 3.06. The zero-order valence-corrected chi connectivity index (χ0v) is 16.2. The monoisotopic (exact) mass is 390 g/mol. The summed E-state index contributed by atoms with van der Waals surface area (Å²) in [5.41, 5.74) is 2.51. The largest absolute Gasteiger partial charge is 0.494 e. The van der Waals surface area contributed by atoms with Crippen molar-refractivity contribution in [2.75, 3.05) is 25.5 Å². The van der Waals surface area contributed by atoms with E-state index < -0.39 is 0 Å². The van der Waals surface area contributed by atoms with Crippen LogP contribution in [0.3, 0.4) is 0 Å². The highest BCUT2D eigenvalue weighted by Gasteiger charge is 2.36. The summed E-state index contributed by atoms with van der Waals surface area (Å²) in [6.45, 7) is 1.93. The molecule has 2 bridgehead atoms. The lowest BCUT2D eigenvalue weighted by Crippen LogP contribution is -2.50. The van der Waals surface area contributed by atoms with Crippen molar-refractivity contribution in [2.45, 2.75) is 18.9 Å². The molecule has 3 aromatic rings. The number of nitrogens with one attached hydrogen (secondary N) is 1. The van der Waals surface area contributed by atoms with Gasteiger partial charge in [0, 0.05) is 48.9 Å². The number of methoxy groups -OCH3 is 1. The molecule has 5 rings (SSSR count). The first-order valence-electron chi connectivity index (χ1n) is 9.81. The van der Waals surface area contributed by atoms with Crippen molar-refractivity contribution >= 4 is 22.6 Å². The van der Waals surface area contributed by atoms with Gasteiger partial charge in [-0.05, 0) is 42.7 Å². The van der Waals surface area contributed by atoms with E-state index in [0.717, 1.165) is 23.0 Å². The van der Waals surface area contributed by atoms with Gasteiger partial charge in [0.15, 0.2) is 0 Å². The standard InChI is InChI=1S/C22H22N4O3/c1-29-19-8-7-17(16-4-3-9-23-21(16)19)24-22(28)25-11-14-10-15(13-25)18-5-2-6-20(27)26(18)12-14/h2-9,14-15H,10-13H2,1H3,(H,24,28)/t14-,15+/m0/s1. The SMILES string of the molecule is COc1ccc(NC(=O)N2C[C@@H]3C[C@H](C2)c2cccc(=O)n2C3)c2cccnc12. The molecule has 1 N–H and O–H groups in total. The van der Waals surface area contributed by atoms with Crippen LogP contribution in [0.5, 0.6) is 5.75 Å². The molecular weight excluding hydrogens is 368 g/mol. The van der Waals surface area contributed by atoms with Gasteiger partial charge >= 0.3 is 6.03 Å². The number of rotatable bonds is 2. The van der Waals surface area contributed by atoms with Crippen molar-refractivity contribution in [3.8, 4) is 5.75 Å². The Kier molecular flexibility index (Phi) is 4.23. The van der Waals surface area contributed by atoms with Crippen LogP contribution >= 0.6 is 0 Å². The van der Waals surface area contributed by atoms with Gasteiger partial charge in [0.05, 0.1) is 12.8 Å². The van der Waals surface area contributed by atoms with E-state index in [2.05, 4.69) is 10.3 Å². The lowest BCUT2D eigenvalue weighted by molar-refractivity contribution is 0.139. The summed E-state index contributed by atoms with van der Waals surface area (Å²) < 4.78 is 7.26. The lowest BCUT2D eigenvalue weighted by atomic mass is 9.83. The maximum Gasteiger partial charge on any atom is 0.321 e. The number of nitrogens with zero attached hydrogens (tertiary/aromatic N) is 3. The van der Waals surface area contributed by atoms with Gasteiger partial charge in [0.25, 0.3) is 5.56 Å². The number of aromatic nitrogens is 2. The Morgan fingerprint density at radius 2 is 2.03 bits per heavy atom. The van der Waals surface area contributed by atoms with Gasteiger partial charge < -0.3 is 19.5 Å². The van der Waals surface area contributed by atoms with Crippen LogP contribution in [0, 0.1) is 5.92 Å². The number of piperidine rings is 1. The van der Waals surface area contributed by atoms with E-state index in [1.165, 1.54) is 0 Å². The maximum absolute atomic E-state index is 13.1. The Morgan fingerprint density at radius 3 is 2.90 bits per heavy atom. The van der Waals surface area contributed by atoms with Crippen LogP contribution in [0.4, 0.5) is 10.5 Å². The molecule has 2 aromatic heterocycles. The van der Waals surface area contributed by atoms with Crippen molar-refractivity contribution in [3.05, 3.63) is 64.7 Å². The molecule has 148 valence electrons. The van der Waals surface area contributed by atoms with E-state index in [9.17, 15) is 9.59 Å². The number of hydrogen-bond acceptors (Lipinski definition) is 4. The minimum absolute atomic E-state index is 0.0484. The van der Waals surface area contributed by atoms with Gasteiger partial charge in [-0.2, -0.15) is 0 Å². The first-order chi connectivity index (χ1) is 14.1. The van der Waals surface area contributed by atoms with Crippen LogP contribution in [0.1, 0.15) is 18.0 Å². The van der Waals surface area contributed by atoms with Crippen molar-refractivity contribution in [1.82, 2.24) is 14.5 Å². The van der Waals surface area contributed by atoms with Gasteiger partial charge in [-0.25, -0.2) is 4.79 Å². The first kappa shape index (κ1) is 17.7. The van der Waals surface area contributed by atoms with Gasteiger partial charge in [0.2, 0.25) is 0 Å². The number of anilines is 1. The third-order valence-corrected chi connectivity index (χ3v) is 5.96. The molecule has 2 aliphatic rings. The second-order valence-corrected chi connectivity index (χ2v) is 7.75. The molecular formula is C22H22N4O3. The second-order valence-electron chi connectivity index (χ2n) is 7.75. The minimum Gasteiger partial charge on any atom is -0.494 e. The zero-order valence-electron chi connectivity index (χ0n) is 16.2. The summed E-state index contributed by atoms with van der Waals surface area (Å²) in [6.07, 6.45) is 2.73. The third-order valence-electron chi connectivity index (χ3n) is 5.96. The molecule has 7 heteroatoms. The summed E-state index contributed by atoms with van der Waals surface area (Å²) in [6, 6.07) is 12.7. The van der Waals surface area contributed by atoms with Gasteiger partial charge in [0.1, 0.15) is 11.3 Å². The summed E-state index contributed by atoms with van der Waals surface area (Å²) in [7, 11) is 1.61. The lowest BCUT2D eigenvalue weighted by Gasteiger charge is -2.42. The highest BCUT2D eigenvalue weighted by molar-refractivity contribution is 6.02. The van der Waals surface area contributed by atoms with E-state index in [1.807, 2.05) is 45.9 Å². The molecule has 2 aliphatic heterocycles. The van der Waals surface area contributed by atoms with Gasteiger partial charge in [-0.1, -0.05) is 6.07 Å². The number of carbonyl (C=O) groups excluding carboxylic acids is 1. The normalized spacial score (nSPS) is 20.2. The molecule has 7 nitrogen and oxygen atoms in total. The Bertz CT molecular complexity index is 1160. The van der Waals surface area contributed by atoms with Gasteiger partial charge in [-0.15, -0.1) is 0 Å². The molecule has 2 amide bonds. The Hall–Kier alpha value is -3.35. The fourth-order valence-electron chi connectivity index (χ4n) is 4.68. The molecule has 0 saturated carbocycles. The summed E-state index contributed by atoms with van der Waals surface area (Å²) >= 11 is 0. The van der Waals surface area contributed by atoms with Crippen LogP contribution in [-0.4, -0.2) is 40.7 Å². The quantitative estimate of drug-likeness (QED) is 0.730. The van der Waals surface area contributed by atoms with Crippen molar-refractivity contribution in [1.29, 1.82) is 0 Å². The molecule has 0 aliphatic carbocycles. The highest BCUT2D eigenvalue weighted by atomic mass is 16.5. The van der Waals surface area contributed by atoms with Crippen LogP contribution in [0.2, 0.25) is 0 Å². The van der Waals surface area contributed by atoms with E-state index >= 15 is 0 Å². The average Bonchev–Trinajstić information content (AvgIpc) is 2.74. The zero-order chi connectivity index (χ0) is 20.0. The van der Waals surface area contributed by atoms with Crippen molar-refractivity contribution in [3.63, 3.8) is 0 Å². The molecule has 29 heavy (non-hydrogen) atoms. The van der Waals surface area contributed by atoms with Crippen LogP contribution in [-0.2, 0) is 6.54 Å². The average molecular weight is 390 g/mol. The molecule has 1 aromatic carbocycles. The molecule has 0 radical (unpaired) electrons. The first-order valence-corrected chi connectivity index (χ1v) is 9.81. The maximum atomic E-state index is 13.1. The predicted molar refractivity (Wildman–Crippen MR) is 110 cm³/mol. The number of pyridine rings is 2. The molecule has 0 spiro atoms. The number of ether oxygens (including phenoxy) is 1. The Morgan fingerprint density at radius 1 is 1.14 bits per heavy atom. The van der Waals surface area contributed by atoms with Crippen LogP contribution in [0.25, 0.3) is 10.9 Å².